The number of hydrogen-bond acceptors (Lipinski definition) is 4. The minimum Gasteiger partial charge on any atom is -0.368 e. The summed E-state index contributed by atoms with van der Waals surface area (Å²) < 4.78 is 0. The monoisotopic (exact) mass is 188 g/mol. The van der Waals surface area contributed by atoms with Crippen LogP contribution in [0.1, 0.15) is 12.5 Å². The van der Waals surface area contributed by atoms with Crippen LogP contribution in [0.25, 0.3) is 0 Å². The Hall–Kier alpha value is -1.97. The lowest BCUT2D eigenvalue weighted by atomic mass is 10.2. The molecular formula is C10H12N4. The van der Waals surface area contributed by atoms with Gasteiger partial charge in [0.1, 0.15) is 0 Å². The van der Waals surface area contributed by atoms with E-state index in [0.717, 1.165) is 11.3 Å². The zero-order valence-electron chi connectivity index (χ0n) is 8.01. The van der Waals surface area contributed by atoms with Gasteiger partial charge in [0, 0.05) is 24.2 Å². The van der Waals surface area contributed by atoms with Crippen LogP contribution in [0.4, 0.5) is 5.95 Å². The molecule has 0 radical (unpaired) electrons. The normalized spacial score (nSPS) is 11.9. The highest BCUT2D eigenvalue weighted by Gasteiger charge is 1.99. The van der Waals surface area contributed by atoms with Crippen molar-refractivity contribution in [2.24, 2.45) is 4.99 Å². The first-order chi connectivity index (χ1) is 6.77. The Morgan fingerprint density at radius 2 is 2.14 bits per heavy atom. The van der Waals surface area contributed by atoms with Crippen LogP contribution in [-0.2, 0) is 0 Å². The van der Waals surface area contributed by atoms with Gasteiger partial charge in [0.2, 0.25) is 5.95 Å². The molecule has 0 aliphatic heterocycles. The number of anilines is 1. The molecule has 0 aliphatic rings. The molecule has 1 aromatic heterocycles. The maximum atomic E-state index is 5.37. The lowest BCUT2D eigenvalue weighted by Gasteiger charge is -1.99. The van der Waals surface area contributed by atoms with Crippen molar-refractivity contribution in [2.45, 2.75) is 6.92 Å². The van der Waals surface area contributed by atoms with Gasteiger partial charge in [-0.3, -0.25) is 4.99 Å². The van der Waals surface area contributed by atoms with Crippen LogP contribution >= 0.6 is 0 Å². The lowest BCUT2D eigenvalue weighted by molar-refractivity contribution is 1.18. The molecule has 1 heterocycles. The van der Waals surface area contributed by atoms with Crippen molar-refractivity contribution < 1.29 is 0 Å². The molecular weight excluding hydrogens is 176 g/mol. The van der Waals surface area contributed by atoms with Gasteiger partial charge in [-0.2, -0.15) is 0 Å². The van der Waals surface area contributed by atoms with Crippen LogP contribution in [0.15, 0.2) is 42.3 Å². The Balaban J connectivity index is 3.05. The van der Waals surface area contributed by atoms with Crippen molar-refractivity contribution in [3.8, 4) is 0 Å². The third kappa shape index (κ3) is 2.52. The minimum absolute atomic E-state index is 0.257. The molecule has 2 N–H and O–H groups in total. The second-order valence-corrected chi connectivity index (χ2v) is 2.53. The third-order valence-electron chi connectivity index (χ3n) is 1.52. The molecule has 72 valence electrons. The molecule has 0 fully saturated rings. The number of hydrogen-bond donors (Lipinski definition) is 1. The number of allylic oxidation sites excluding steroid dienone is 2. The van der Waals surface area contributed by atoms with Gasteiger partial charge in [-0.05, 0) is 13.0 Å². The molecule has 0 spiro atoms. The van der Waals surface area contributed by atoms with E-state index in [9.17, 15) is 0 Å². The zero-order valence-corrected chi connectivity index (χ0v) is 8.01. The molecule has 14 heavy (non-hydrogen) atoms. The average Bonchev–Trinajstić information content (AvgIpc) is 2.19. The van der Waals surface area contributed by atoms with Crippen molar-refractivity contribution in [3.05, 3.63) is 42.9 Å². The number of nitrogens with two attached hydrogens (primary N) is 1. The number of rotatable bonds is 3. The van der Waals surface area contributed by atoms with E-state index in [0.29, 0.717) is 0 Å². The fourth-order valence-electron chi connectivity index (χ4n) is 0.940. The summed E-state index contributed by atoms with van der Waals surface area (Å²) in [5.74, 6) is 0.257. The minimum atomic E-state index is 0.257. The highest BCUT2D eigenvalue weighted by Crippen LogP contribution is 2.01. The lowest BCUT2D eigenvalue weighted by Crippen LogP contribution is -2.01. The SMILES string of the molecule is C=C/N=C(\C=C/C)c1cnc(N)nc1. The first-order valence-corrected chi connectivity index (χ1v) is 4.17. The highest BCUT2D eigenvalue weighted by molar-refractivity contribution is 6.08. The van der Waals surface area contributed by atoms with Gasteiger partial charge in [0.15, 0.2) is 0 Å². The van der Waals surface area contributed by atoms with E-state index < -0.39 is 0 Å². The maximum absolute atomic E-state index is 5.37. The second-order valence-electron chi connectivity index (χ2n) is 2.53. The van der Waals surface area contributed by atoms with Crippen LogP contribution in [-0.4, -0.2) is 15.7 Å². The molecule has 0 amide bonds. The number of aliphatic imine (C=N–C) groups is 1. The van der Waals surface area contributed by atoms with Crippen LogP contribution in [0.5, 0.6) is 0 Å². The van der Waals surface area contributed by atoms with Crippen molar-refractivity contribution in [3.63, 3.8) is 0 Å². The van der Waals surface area contributed by atoms with E-state index in [1.165, 1.54) is 6.20 Å². The molecule has 0 bridgehead atoms. The molecule has 4 nitrogen and oxygen atoms in total. The Bertz CT molecular complexity index is 362. The summed E-state index contributed by atoms with van der Waals surface area (Å²) in [5.41, 5.74) is 6.96. The molecule has 0 aromatic carbocycles. The molecule has 1 rings (SSSR count). The summed E-state index contributed by atoms with van der Waals surface area (Å²) in [6.45, 7) is 5.45. The largest absolute Gasteiger partial charge is 0.368 e. The average molecular weight is 188 g/mol. The predicted octanol–water partition coefficient (Wildman–Crippen LogP) is 1.57. The van der Waals surface area contributed by atoms with Gasteiger partial charge in [-0.15, -0.1) is 0 Å². The molecule has 0 aliphatic carbocycles. The van der Waals surface area contributed by atoms with Crippen molar-refractivity contribution >= 4 is 11.7 Å². The molecule has 0 unspecified atom stereocenters. The zero-order chi connectivity index (χ0) is 10.4. The summed E-state index contributed by atoms with van der Waals surface area (Å²) >= 11 is 0. The van der Waals surface area contributed by atoms with Crippen LogP contribution in [0, 0.1) is 0 Å². The Morgan fingerprint density at radius 3 is 2.64 bits per heavy atom. The smallest absolute Gasteiger partial charge is 0.219 e. The predicted molar refractivity (Wildman–Crippen MR) is 58.0 cm³/mol. The standard InChI is InChI=1S/C10H12N4/c1-3-5-9(12-4-2)8-6-13-10(11)14-7-8/h3-7H,2H2,1H3,(H2,11,13,14)/b5-3-,12-9+. The van der Waals surface area contributed by atoms with E-state index >= 15 is 0 Å². The summed E-state index contributed by atoms with van der Waals surface area (Å²) in [4.78, 5) is 11.9. The number of nitrogens with zero attached hydrogens (tertiary/aromatic N) is 3. The fourth-order valence-corrected chi connectivity index (χ4v) is 0.940. The Morgan fingerprint density at radius 1 is 1.50 bits per heavy atom. The van der Waals surface area contributed by atoms with E-state index in [1.807, 2.05) is 19.1 Å². The fraction of sp³-hybridized carbons (Fsp3) is 0.100. The van der Waals surface area contributed by atoms with Gasteiger partial charge in [-0.1, -0.05) is 12.7 Å². The second kappa shape index (κ2) is 4.91. The first kappa shape index (κ1) is 10.1. The van der Waals surface area contributed by atoms with E-state index in [1.54, 1.807) is 12.4 Å². The molecule has 0 saturated carbocycles. The summed E-state index contributed by atoms with van der Waals surface area (Å²) in [5, 5.41) is 0. The van der Waals surface area contributed by atoms with Crippen LogP contribution in [0.3, 0.4) is 0 Å². The van der Waals surface area contributed by atoms with Crippen molar-refractivity contribution in [1.29, 1.82) is 0 Å². The number of aromatic nitrogens is 2. The topological polar surface area (TPSA) is 64.2 Å². The van der Waals surface area contributed by atoms with Crippen LogP contribution in [0.2, 0.25) is 0 Å². The van der Waals surface area contributed by atoms with E-state index in [4.69, 9.17) is 5.73 Å². The summed E-state index contributed by atoms with van der Waals surface area (Å²) in [6, 6.07) is 0. The Kier molecular flexibility index (Phi) is 3.55. The van der Waals surface area contributed by atoms with Crippen molar-refractivity contribution in [1.82, 2.24) is 9.97 Å². The summed E-state index contributed by atoms with van der Waals surface area (Å²) in [6.07, 6.45) is 8.48. The quantitative estimate of drug-likeness (QED) is 0.732. The van der Waals surface area contributed by atoms with Gasteiger partial charge >= 0.3 is 0 Å². The molecule has 1 aromatic rings. The molecule has 0 saturated heterocycles. The molecule has 0 atom stereocenters. The van der Waals surface area contributed by atoms with Gasteiger partial charge in [0.05, 0.1) is 5.71 Å². The van der Waals surface area contributed by atoms with E-state index in [-0.39, 0.29) is 5.95 Å². The van der Waals surface area contributed by atoms with Crippen molar-refractivity contribution in [2.75, 3.05) is 5.73 Å². The van der Waals surface area contributed by atoms with Crippen LogP contribution < -0.4 is 5.73 Å². The summed E-state index contributed by atoms with van der Waals surface area (Å²) in [7, 11) is 0. The van der Waals surface area contributed by atoms with Gasteiger partial charge in [-0.25, -0.2) is 9.97 Å². The maximum Gasteiger partial charge on any atom is 0.219 e. The van der Waals surface area contributed by atoms with E-state index in [2.05, 4.69) is 21.5 Å². The first-order valence-electron chi connectivity index (χ1n) is 4.17. The number of nitrogen functional groups attached to an aromatic ring is 1. The third-order valence-corrected chi connectivity index (χ3v) is 1.52. The molecule has 4 heteroatoms. The van der Waals surface area contributed by atoms with Gasteiger partial charge in [0.25, 0.3) is 0 Å². The van der Waals surface area contributed by atoms with Gasteiger partial charge < -0.3 is 5.73 Å². The highest BCUT2D eigenvalue weighted by atomic mass is 15.0. The Labute approximate surface area is 82.9 Å².